The first-order chi connectivity index (χ1) is 49.7. The van der Waals surface area contributed by atoms with Crippen LogP contribution in [0.1, 0.15) is 208 Å². The van der Waals surface area contributed by atoms with Gasteiger partial charge in [-0.25, -0.2) is 9.59 Å². The summed E-state index contributed by atoms with van der Waals surface area (Å²) in [5, 5.41) is 39.2. The number of aryl methyl sites for hydroxylation is 1. The Morgan fingerprint density at radius 3 is 1.55 bits per heavy atom. The summed E-state index contributed by atoms with van der Waals surface area (Å²) >= 11 is 0. The SMILES string of the molecule is CC=CC(C)CC(OC(=O)CCc1ccccc1N=Nc1ccc(O)c(C(=O)O)c1)C1C(=O)NC(CC)C(=O)N(C)C(=O)N(C)C(CCCC)C(=O)NC(CCC)C(=O)N(C)C(CCCC)C(=O)NC(C)C(=O)NC(C)C(=O)N(C)C(CCC)C(=O)N(C)C(CCCC)C(=O)N(C)C(CCC)C(=O)N1C. The van der Waals surface area contributed by atoms with E-state index < -0.39 is 161 Å². The number of nitrogens with one attached hydrogen (secondary N) is 4. The maximum absolute atomic E-state index is 15.8. The van der Waals surface area contributed by atoms with E-state index in [1.165, 1.54) is 94.9 Å². The van der Waals surface area contributed by atoms with Crippen LogP contribution >= 0.6 is 0 Å². The van der Waals surface area contributed by atoms with Gasteiger partial charge >= 0.3 is 18.0 Å². The number of amides is 12. The van der Waals surface area contributed by atoms with Crippen LogP contribution in [0, 0.1) is 5.92 Å². The van der Waals surface area contributed by atoms with Gasteiger partial charge in [-0.2, -0.15) is 10.2 Å². The first-order valence-electron chi connectivity index (χ1n) is 37.2. The Labute approximate surface area is 620 Å². The van der Waals surface area contributed by atoms with Crippen LogP contribution in [0.5, 0.6) is 5.75 Å². The molecular formula is C76H119N13O16. The number of imide groups is 1. The zero-order chi connectivity index (χ0) is 79.1. The highest BCUT2D eigenvalue weighted by molar-refractivity contribution is 6.02. The van der Waals surface area contributed by atoms with Crippen molar-refractivity contribution in [1.29, 1.82) is 0 Å². The summed E-state index contributed by atoms with van der Waals surface area (Å²) in [4.78, 5) is 198. The van der Waals surface area contributed by atoms with E-state index in [4.69, 9.17) is 4.74 Å². The molecule has 12 atom stereocenters. The predicted octanol–water partition coefficient (Wildman–Crippen LogP) is 8.34. The number of carbonyl (C=O) groups is 13. The first-order valence-corrected chi connectivity index (χ1v) is 37.2. The number of carboxylic acids is 1. The molecule has 584 valence electrons. The number of nitrogens with zero attached hydrogens (tertiary/aromatic N) is 9. The van der Waals surface area contributed by atoms with E-state index in [9.17, 15) is 53.4 Å². The lowest BCUT2D eigenvalue weighted by molar-refractivity contribution is -0.162. The fourth-order valence-electron chi connectivity index (χ4n) is 12.8. The average molecular weight is 1470 g/mol. The van der Waals surface area contributed by atoms with Gasteiger partial charge in [-0.15, -0.1) is 0 Å². The number of carboxylic acid groups (broad SMARTS) is 1. The summed E-state index contributed by atoms with van der Waals surface area (Å²) in [6, 6.07) is -3.68. The zero-order valence-electron chi connectivity index (χ0n) is 65.2. The Morgan fingerprint density at radius 2 is 1.02 bits per heavy atom. The molecule has 0 radical (unpaired) electrons. The smallest absolute Gasteiger partial charge is 0.339 e. The van der Waals surface area contributed by atoms with Gasteiger partial charge in [0.1, 0.15) is 77.8 Å². The second-order valence-corrected chi connectivity index (χ2v) is 27.4. The number of hydrogen-bond acceptors (Lipinski definition) is 17. The molecule has 2 aromatic carbocycles. The van der Waals surface area contributed by atoms with Crippen LogP contribution in [-0.4, -0.2) is 237 Å². The molecule has 105 heavy (non-hydrogen) atoms. The monoisotopic (exact) mass is 1470 g/mol. The number of likely N-dealkylation sites (N-methyl/N-ethyl adjacent to an activating group) is 7. The molecule has 0 saturated carbocycles. The van der Waals surface area contributed by atoms with Crippen LogP contribution in [0.3, 0.4) is 0 Å². The predicted molar refractivity (Wildman–Crippen MR) is 398 cm³/mol. The molecule has 3 rings (SSSR count). The van der Waals surface area contributed by atoms with Crippen molar-refractivity contribution in [3.8, 4) is 5.75 Å². The van der Waals surface area contributed by atoms with Gasteiger partial charge in [0, 0.05) is 55.8 Å². The number of carbonyl (C=O) groups excluding carboxylic acids is 12. The van der Waals surface area contributed by atoms with Gasteiger partial charge in [0.2, 0.25) is 53.2 Å². The maximum Gasteiger partial charge on any atom is 0.339 e. The molecular weight excluding hydrogens is 1350 g/mol. The van der Waals surface area contributed by atoms with Gasteiger partial charge in [0.15, 0.2) is 0 Å². The second kappa shape index (κ2) is 44.5. The lowest BCUT2D eigenvalue weighted by atomic mass is 9.95. The summed E-state index contributed by atoms with van der Waals surface area (Å²) < 4.78 is 6.38. The number of ether oxygens (including phenoxy) is 1. The number of urea groups is 1. The number of aromatic carboxylic acids is 1. The highest BCUT2D eigenvalue weighted by atomic mass is 16.5. The highest BCUT2D eigenvalue weighted by Crippen LogP contribution is 2.30. The van der Waals surface area contributed by atoms with Gasteiger partial charge in [0.25, 0.3) is 5.91 Å². The van der Waals surface area contributed by atoms with Crippen LogP contribution < -0.4 is 21.3 Å². The molecule has 1 aliphatic heterocycles. The van der Waals surface area contributed by atoms with Crippen molar-refractivity contribution >= 4 is 88.4 Å². The molecule has 0 spiro atoms. The minimum Gasteiger partial charge on any atom is -0.507 e. The van der Waals surface area contributed by atoms with Crippen LogP contribution in [-0.2, 0) is 63.9 Å². The minimum atomic E-state index is -1.77. The third kappa shape index (κ3) is 25.5. The van der Waals surface area contributed by atoms with Gasteiger partial charge in [0.05, 0.1) is 11.4 Å². The third-order valence-corrected chi connectivity index (χ3v) is 19.3. The lowest BCUT2D eigenvalue weighted by Crippen LogP contribution is -2.63. The molecule has 29 nitrogen and oxygen atoms in total. The fraction of sp³-hybridized carbons (Fsp3) is 0.645. The molecule has 12 amide bonds. The lowest BCUT2D eigenvalue weighted by Gasteiger charge is -2.40. The minimum absolute atomic E-state index is 0.00651. The van der Waals surface area contributed by atoms with Crippen LogP contribution in [0.4, 0.5) is 16.2 Å². The van der Waals surface area contributed by atoms with E-state index in [1.54, 1.807) is 71.0 Å². The second-order valence-electron chi connectivity index (χ2n) is 27.4. The summed E-state index contributed by atoms with van der Waals surface area (Å²) in [7, 11) is 9.54. The van der Waals surface area contributed by atoms with E-state index >= 15 is 19.2 Å². The molecule has 0 aromatic heterocycles. The number of phenols is 1. The van der Waals surface area contributed by atoms with Gasteiger partial charge in [-0.1, -0.05) is 144 Å². The first kappa shape index (κ1) is 89.9. The van der Waals surface area contributed by atoms with E-state index in [-0.39, 0.29) is 69.9 Å². The normalized spacial score (nSPS) is 23.5. The Hall–Kier alpha value is -9.31. The van der Waals surface area contributed by atoms with Gasteiger partial charge < -0.3 is 65.6 Å². The van der Waals surface area contributed by atoms with Crippen molar-refractivity contribution in [3.63, 3.8) is 0 Å². The van der Waals surface area contributed by atoms with Crippen molar-refractivity contribution in [1.82, 2.24) is 55.6 Å². The Morgan fingerprint density at radius 1 is 0.533 bits per heavy atom. The van der Waals surface area contributed by atoms with Gasteiger partial charge in [-0.3, -0.25) is 57.6 Å². The van der Waals surface area contributed by atoms with E-state index in [0.717, 1.165) is 20.8 Å². The molecule has 2 aromatic rings. The molecule has 1 saturated heterocycles. The number of esters is 1. The quantitative estimate of drug-likeness (QED) is 0.0278. The van der Waals surface area contributed by atoms with Crippen LogP contribution in [0.15, 0.2) is 64.8 Å². The Balaban J connectivity index is 2.40. The number of allylic oxidation sites excluding steroid dienone is 2. The Bertz CT molecular complexity index is 3360. The van der Waals surface area contributed by atoms with E-state index in [1.807, 2.05) is 27.7 Å². The van der Waals surface area contributed by atoms with Crippen molar-refractivity contribution in [2.75, 3.05) is 49.3 Å². The molecule has 0 bridgehead atoms. The third-order valence-electron chi connectivity index (χ3n) is 19.3. The molecule has 1 heterocycles. The molecule has 0 aliphatic carbocycles. The number of unbranched alkanes of at least 4 members (excludes halogenated alkanes) is 3. The molecule has 6 N–H and O–H groups in total. The number of benzene rings is 2. The van der Waals surface area contributed by atoms with Crippen LogP contribution in [0.2, 0.25) is 0 Å². The largest absolute Gasteiger partial charge is 0.507 e. The number of hydrogen-bond donors (Lipinski definition) is 6. The Kier molecular flexibility index (Phi) is 38.1. The number of rotatable bonds is 27. The number of aromatic hydroxyl groups is 1. The average Bonchev–Trinajstić information content (AvgIpc) is 0.800. The topological polar surface area (TPSA) is 367 Å². The molecule has 12 unspecified atom stereocenters. The molecule has 1 fully saturated rings. The van der Waals surface area contributed by atoms with E-state index in [0.29, 0.717) is 69.0 Å². The summed E-state index contributed by atoms with van der Waals surface area (Å²) in [6.45, 7) is 19.1. The van der Waals surface area contributed by atoms with E-state index in [2.05, 4.69) is 31.5 Å². The standard InChI is InChI=1S/C76H119N13O16/c1-19-27-38-56-66(93)77-48(10)65(92)78-49(11)69(96)84(13)58(34-24-6)72(99)86(15)60(40-29-21-3)73(100)85(14)59(35-25-7)74(101)88(17)64(68(95)79-53(26-8)70(97)89(18)76(104)87(16)57(39-28-20-2)67(94)80-55(33-23-5)71(98)83(56)12)62(45-47(9)32-22-4)105-63(91)44-41-50-36-30-31-37-54(50)82-81-51-42-43-61(90)52(46-51)75(102)103/h22,30-32,36-37,42-43,46-49,53,55-60,62,64,90H,19-21,23-29,33-35,38-41,44-45H2,1-18H3,(H,77,93)(H,78,92)(H,79,95)(H,80,94)(H,102,103). The zero-order valence-corrected chi connectivity index (χ0v) is 65.2. The highest BCUT2D eigenvalue weighted by Gasteiger charge is 2.45. The fourth-order valence-corrected chi connectivity index (χ4v) is 12.8. The van der Waals surface area contributed by atoms with Crippen molar-refractivity contribution in [2.45, 2.75) is 265 Å². The van der Waals surface area contributed by atoms with Crippen LogP contribution in [0.25, 0.3) is 0 Å². The summed E-state index contributed by atoms with van der Waals surface area (Å²) in [6.07, 6.45) is 6.41. The van der Waals surface area contributed by atoms with Crippen molar-refractivity contribution in [3.05, 3.63) is 65.7 Å². The summed E-state index contributed by atoms with van der Waals surface area (Å²) in [5.74, 6) is -10.6. The van der Waals surface area contributed by atoms with Crippen molar-refractivity contribution < 1.29 is 77.3 Å². The maximum atomic E-state index is 15.8. The molecule has 29 heteroatoms. The van der Waals surface area contributed by atoms with Crippen molar-refractivity contribution in [2.24, 2.45) is 16.1 Å². The van der Waals surface area contributed by atoms with Gasteiger partial charge in [-0.05, 0) is 114 Å². The molecule has 1 aliphatic rings. The summed E-state index contributed by atoms with van der Waals surface area (Å²) in [5.41, 5.74) is 0.533. The number of azo groups is 1.